The molecule has 2 aromatic carbocycles. The first kappa shape index (κ1) is 15.1. The molecule has 4 rings (SSSR count). The summed E-state index contributed by atoms with van der Waals surface area (Å²) >= 11 is 0. The number of aliphatic hydroxyl groups is 1. The second-order valence-electron chi connectivity index (χ2n) is 6.50. The number of benzene rings is 2. The molecule has 2 atom stereocenters. The molecular weight excluding hydrogens is 290 g/mol. The largest absolute Gasteiger partial charge is 0.391 e. The maximum Gasteiger partial charge on any atom is 0.170 e. The number of aliphatic hydroxyl groups excluding tert-OH is 1. The number of nitrogens with zero attached hydrogens (tertiary/aromatic N) is 1. The average molecular weight is 313 g/mol. The lowest BCUT2D eigenvalue weighted by Gasteiger charge is -2.37. The third kappa shape index (κ3) is 3.26. The van der Waals surface area contributed by atoms with E-state index in [-0.39, 0.29) is 18.3 Å². The van der Waals surface area contributed by atoms with Gasteiger partial charge in [0.2, 0.25) is 0 Å². The summed E-state index contributed by atoms with van der Waals surface area (Å²) in [7, 11) is 0. The van der Waals surface area contributed by atoms with Crippen molar-refractivity contribution in [3.63, 3.8) is 0 Å². The molecule has 0 aromatic heterocycles. The molecule has 2 aliphatic rings. The summed E-state index contributed by atoms with van der Waals surface area (Å²) in [6, 6.07) is 14.9. The van der Waals surface area contributed by atoms with Crippen LogP contribution in [0.4, 0.5) is 0 Å². The van der Waals surface area contributed by atoms with Crippen molar-refractivity contribution < 1.29 is 14.6 Å². The zero-order valence-electron chi connectivity index (χ0n) is 13.2. The van der Waals surface area contributed by atoms with Gasteiger partial charge in [0.25, 0.3) is 0 Å². The monoisotopic (exact) mass is 313 g/mol. The van der Waals surface area contributed by atoms with Gasteiger partial charge in [0, 0.05) is 19.0 Å². The van der Waals surface area contributed by atoms with E-state index < -0.39 is 0 Å². The van der Waals surface area contributed by atoms with Gasteiger partial charge in [-0.1, -0.05) is 42.5 Å². The molecule has 4 heteroatoms. The Balaban J connectivity index is 1.45. The van der Waals surface area contributed by atoms with Gasteiger partial charge in [-0.3, -0.25) is 4.90 Å². The summed E-state index contributed by atoms with van der Waals surface area (Å²) < 4.78 is 11.0. The predicted octanol–water partition coefficient (Wildman–Crippen LogP) is 2.36. The Morgan fingerprint density at radius 1 is 1.04 bits per heavy atom. The molecule has 2 aromatic rings. The van der Waals surface area contributed by atoms with Gasteiger partial charge in [-0.15, -0.1) is 0 Å². The van der Waals surface area contributed by atoms with Crippen molar-refractivity contribution in [2.75, 3.05) is 32.8 Å². The SMILES string of the molecule is O[C@@H]1CN(CC2OCCO2)CC[C@H]1c1ccc2ccccc2c1. The van der Waals surface area contributed by atoms with Crippen LogP contribution in [0.3, 0.4) is 0 Å². The predicted molar refractivity (Wildman–Crippen MR) is 89.4 cm³/mol. The van der Waals surface area contributed by atoms with E-state index in [4.69, 9.17) is 9.47 Å². The topological polar surface area (TPSA) is 41.9 Å². The Morgan fingerprint density at radius 2 is 1.83 bits per heavy atom. The van der Waals surface area contributed by atoms with Gasteiger partial charge in [-0.05, 0) is 29.3 Å². The van der Waals surface area contributed by atoms with Crippen molar-refractivity contribution >= 4 is 10.8 Å². The summed E-state index contributed by atoms with van der Waals surface area (Å²) in [6.07, 6.45) is 0.498. The van der Waals surface area contributed by atoms with E-state index in [1.54, 1.807) is 0 Å². The molecule has 0 saturated carbocycles. The van der Waals surface area contributed by atoms with Crippen molar-refractivity contribution in [3.05, 3.63) is 48.0 Å². The molecule has 0 spiro atoms. The van der Waals surface area contributed by atoms with Gasteiger partial charge >= 0.3 is 0 Å². The smallest absolute Gasteiger partial charge is 0.170 e. The third-order valence-electron chi connectivity index (χ3n) is 4.97. The van der Waals surface area contributed by atoms with Crippen LogP contribution >= 0.6 is 0 Å². The fourth-order valence-electron chi connectivity index (χ4n) is 3.71. The van der Waals surface area contributed by atoms with Crippen molar-refractivity contribution in [2.45, 2.75) is 24.7 Å². The van der Waals surface area contributed by atoms with Gasteiger partial charge in [-0.25, -0.2) is 0 Å². The molecule has 0 aliphatic carbocycles. The third-order valence-corrected chi connectivity index (χ3v) is 4.97. The number of hydrogen-bond donors (Lipinski definition) is 1. The lowest BCUT2D eigenvalue weighted by molar-refractivity contribution is -0.0741. The van der Waals surface area contributed by atoms with E-state index in [1.807, 2.05) is 0 Å². The van der Waals surface area contributed by atoms with E-state index in [1.165, 1.54) is 16.3 Å². The van der Waals surface area contributed by atoms with Crippen LogP contribution in [-0.4, -0.2) is 55.2 Å². The molecule has 2 heterocycles. The van der Waals surface area contributed by atoms with E-state index in [2.05, 4.69) is 47.4 Å². The quantitative estimate of drug-likeness (QED) is 0.944. The molecule has 122 valence electrons. The van der Waals surface area contributed by atoms with Gasteiger partial charge in [-0.2, -0.15) is 0 Å². The van der Waals surface area contributed by atoms with Gasteiger partial charge in [0.1, 0.15) is 0 Å². The number of fused-ring (bicyclic) bond motifs is 1. The molecule has 2 aliphatic heterocycles. The highest BCUT2D eigenvalue weighted by molar-refractivity contribution is 5.83. The number of piperidine rings is 1. The van der Waals surface area contributed by atoms with Crippen LogP contribution in [0, 0.1) is 0 Å². The van der Waals surface area contributed by atoms with Crippen LogP contribution < -0.4 is 0 Å². The summed E-state index contributed by atoms with van der Waals surface area (Å²) in [4.78, 5) is 2.25. The summed E-state index contributed by atoms with van der Waals surface area (Å²) in [6.45, 7) is 3.77. The van der Waals surface area contributed by atoms with Gasteiger partial charge in [0.15, 0.2) is 6.29 Å². The number of likely N-dealkylation sites (tertiary alicyclic amines) is 1. The number of hydrogen-bond acceptors (Lipinski definition) is 4. The highest BCUT2D eigenvalue weighted by atomic mass is 16.7. The van der Waals surface area contributed by atoms with Crippen molar-refractivity contribution in [3.8, 4) is 0 Å². The number of rotatable bonds is 3. The fourth-order valence-corrected chi connectivity index (χ4v) is 3.71. The second kappa shape index (κ2) is 6.57. The van der Waals surface area contributed by atoms with Crippen LogP contribution in [0.2, 0.25) is 0 Å². The standard InChI is InChI=1S/C19H23NO3/c21-18-12-20(13-19-22-9-10-23-19)8-7-17(18)16-6-5-14-3-1-2-4-15(14)11-16/h1-6,11,17-19,21H,7-10,12-13H2/t17-,18+/m0/s1. The Morgan fingerprint density at radius 3 is 2.61 bits per heavy atom. The average Bonchev–Trinajstić information content (AvgIpc) is 3.07. The first-order valence-corrected chi connectivity index (χ1v) is 8.42. The summed E-state index contributed by atoms with van der Waals surface area (Å²) in [5.41, 5.74) is 1.24. The summed E-state index contributed by atoms with van der Waals surface area (Å²) in [5, 5.41) is 13.1. The van der Waals surface area contributed by atoms with Gasteiger partial charge < -0.3 is 14.6 Å². The van der Waals surface area contributed by atoms with Crippen molar-refractivity contribution in [1.82, 2.24) is 4.90 Å². The second-order valence-corrected chi connectivity index (χ2v) is 6.50. The molecular formula is C19H23NO3. The Labute approximate surface area is 136 Å². The van der Waals surface area contributed by atoms with E-state index in [0.717, 1.165) is 19.5 Å². The van der Waals surface area contributed by atoms with E-state index in [0.29, 0.717) is 19.8 Å². The molecule has 0 amide bonds. The van der Waals surface area contributed by atoms with Crippen LogP contribution in [-0.2, 0) is 9.47 Å². The number of ether oxygens (including phenoxy) is 2. The number of β-amino-alcohol motifs (C(OH)–C–C–N with tert-alkyl or cyclic N) is 1. The molecule has 2 saturated heterocycles. The minimum atomic E-state index is -0.341. The minimum absolute atomic E-state index is 0.126. The molecule has 1 N–H and O–H groups in total. The lowest BCUT2D eigenvalue weighted by Crippen LogP contribution is -2.45. The van der Waals surface area contributed by atoms with Crippen LogP contribution in [0.15, 0.2) is 42.5 Å². The summed E-state index contributed by atoms with van der Waals surface area (Å²) in [5.74, 6) is 0.210. The Hall–Kier alpha value is -1.46. The zero-order chi connectivity index (χ0) is 15.6. The highest BCUT2D eigenvalue weighted by Crippen LogP contribution is 2.30. The first-order valence-electron chi connectivity index (χ1n) is 8.42. The molecule has 0 bridgehead atoms. The Kier molecular flexibility index (Phi) is 4.31. The minimum Gasteiger partial charge on any atom is -0.391 e. The Bertz CT molecular complexity index is 668. The van der Waals surface area contributed by atoms with Crippen LogP contribution in [0.5, 0.6) is 0 Å². The molecule has 0 radical (unpaired) electrons. The molecule has 4 nitrogen and oxygen atoms in total. The lowest BCUT2D eigenvalue weighted by atomic mass is 9.86. The van der Waals surface area contributed by atoms with Crippen molar-refractivity contribution in [1.29, 1.82) is 0 Å². The zero-order valence-corrected chi connectivity index (χ0v) is 13.2. The molecule has 2 fully saturated rings. The maximum atomic E-state index is 10.6. The normalized spacial score (nSPS) is 26.8. The van der Waals surface area contributed by atoms with E-state index in [9.17, 15) is 5.11 Å². The molecule has 0 unspecified atom stereocenters. The van der Waals surface area contributed by atoms with Crippen molar-refractivity contribution in [2.24, 2.45) is 0 Å². The van der Waals surface area contributed by atoms with Crippen LogP contribution in [0.25, 0.3) is 10.8 Å². The van der Waals surface area contributed by atoms with Crippen LogP contribution in [0.1, 0.15) is 17.9 Å². The van der Waals surface area contributed by atoms with Gasteiger partial charge in [0.05, 0.1) is 19.3 Å². The van der Waals surface area contributed by atoms with E-state index >= 15 is 0 Å². The maximum absolute atomic E-state index is 10.6. The molecule has 23 heavy (non-hydrogen) atoms. The highest BCUT2D eigenvalue weighted by Gasteiger charge is 2.31. The first-order chi connectivity index (χ1) is 11.3. The fraction of sp³-hybridized carbons (Fsp3) is 0.474.